The minimum absolute atomic E-state index is 0.0531. The fraction of sp³-hybridized carbons (Fsp3) is 0.545. The number of hydrogen-bond donors (Lipinski definition) is 2. The molecule has 0 aliphatic carbocycles. The van der Waals surface area contributed by atoms with E-state index in [2.05, 4.69) is 15.3 Å². The van der Waals surface area contributed by atoms with Crippen LogP contribution in [0, 0.1) is 5.92 Å². The van der Waals surface area contributed by atoms with Crippen molar-refractivity contribution >= 4 is 11.9 Å². The van der Waals surface area contributed by atoms with Gasteiger partial charge in [0.2, 0.25) is 5.95 Å². The van der Waals surface area contributed by atoms with Crippen LogP contribution in [0.3, 0.4) is 0 Å². The lowest BCUT2D eigenvalue weighted by atomic mass is 10.0. The van der Waals surface area contributed by atoms with Crippen molar-refractivity contribution in [2.45, 2.75) is 25.9 Å². The number of carboxylic acid groups (broad SMARTS) is 1. The molecule has 1 unspecified atom stereocenters. The van der Waals surface area contributed by atoms with E-state index in [0.717, 1.165) is 12.3 Å². The molecule has 0 aliphatic rings. The first-order chi connectivity index (χ1) is 8.82. The summed E-state index contributed by atoms with van der Waals surface area (Å²) in [7, 11) is 0. The predicted molar refractivity (Wildman–Crippen MR) is 61.6 cm³/mol. The van der Waals surface area contributed by atoms with Gasteiger partial charge in [0.25, 0.3) is 0 Å². The molecule has 1 heterocycles. The number of alkyl halides is 3. The molecule has 1 aromatic heterocycles. The minimum Gasteiger partial charge on any atom is -0.481 e. The van der Waals surface area contributed by atoms with E-state index in [1.165, 1.54) is 0 Å². The van der Waals surface area contributed by atoms with Crippen molar-refractivity contribution in [1.29, 1.82) is 0 Å². The van der Waals surface area contributed by atoms with Crippen molar-refractivity contribution in [3.05, 3.63) is 18.0 Å². The topological polar surface area (TPSA) is 75.1 Å². The van der Waals surface area contributed by atoms with E-state index in [0.29, 0.717) is 6.42 Å². The SMILES string of the molecule is CCC(CNc1nccc(C(F)(F)F)n1)CC(=O)O. The number of rotatable bonds is 6. The molecule has 0 aliphatic heterocycles. The third kappa shape index (κ3) is 5.11. The molecule has 0 amide bonds. The van der Waals surface area contributed by atoms with Gasteiger partial charge in [0.15, 0.2) is 0 Å². The number of nitrogens with one attached hydrogen (secondary N) is 1. The van der Waals surface area contributed by atoms with Gasteiger partial charge in [-0.05, 0) is 12.0 Å². The standard InChI is InChI=1S/C11H14F3N3O2/c1-2-7(5-9(18)19)6-16-10-15-4-3-8(17-10)11(12,13)14/h3-4,7H,2,5-6H2,1H3,(H,18,19)(H,15,16,17). The molecular weight excluding hydrogens is 263 g/mol. The number of hydrogen-bond acceptors (Lipinski definition) is 4. The lowest BCUT2D eigenvalue weighted by molar-refractivity contribution is -0.141. The van der Waals surface area contributed by atoms with Crippen LogP contribution in [0.15, 0.2) is 12.3 Å². The number of nitrogens with zero attached hydrogens (tertiary/aromatic N) is 2. The lowest BCUT2D eigenvalue weighted by Gasteiger charge is -2.14. The molecule has 0 spiro atoms. The van der Waals surface area contributed by atoms with E-state index < -0.39 is 17.8 Å². The smallest absolute Gasteiger partial charge is 0.433 e. The van der Waals surface area contributed by atoms with Gasteiger partial charge < -0.3 is 10.4 Å². The summed E-state index contributed by atoms with van der Waals surface area (Å²) in [5.74, 6) is -1.28. The second-order valence-corrected chi connectivity index (χ2v) is 4.02. The Balaban J connectivity index is 2.65. The molecule has 1 aromatic rings. The summed E-state index contributed by atoms with van der Waals surface area (Å²) in [5.41, 5.74) is -1.03. The Morgan fingerprint density at radius 3 is 2.74 bits per heavy atom. The number of carboxylic acids is 1. The van der Waals surface area contributed by atoms with E-state index in [9.17, 15) is 18.0 Å². The lowest BCUT2D eigenvalue weighted by Crippen LogP contribution is -2.19. The van der Waals surface area contributed by atoms with E-state index in [1.54, 1.807) is 0 Å². The highest BCUT2D eigenvalue weighted by Crippen LogP contribution is 2.27. The van der Waals surface area contributed by atoms with E-state index in [1.807, 2.05) is 6.92 Å². The highest BCUT2D eigenvalue weighted by atomic mass is 19.4. The van der Waals surface area contributed by atoms with Gasteiger partial charge in [0, 0.05) is 19.2 Å². The van der Waals surface area contributed by atoms with Crippen LogP contribution in [0.25, 0.3) is 0 Å². The van der Waals surface area contributed by atoms with Crippen LogP contribution < -0.4 is 5.32 Å². The zero-order valence-electron chi connectivity index (χ0n) is 10.2. The summed E-state index contributed by atoms with van der Waals surface area (Å²) in [4.78, 5) is 17.6. The second kappa shape index (κ2) is 6.35. The van der Waals surface area contributed by atoms with E-state index in [-0.39, 0.29) is 24.8 Å². The summed E-state index contributed by atoms with van der Waals surface area (Å²) in [5, 5.41) is 11.3. The zero-order chi connectivity index (χ0) is 14.5. The Morgan fingerprint density at radius 1 is 1.53 bits per heavy atom. The van der Waals surface area contributed by atoms with Crippen molar-refractivity contribution in [2.24, 2.45) is 5.92 Å². The normalized spacial score (nSPS) is 13.1. The van der Waals surface area contributed by atoms with Gasteiger partial charge in [-0.3, -0.25) is 4.79 Å². The van der Waals surface area contributed by atoms with Crippen LogP contribution >= 0.6 is 0 Å². The Bertz CT molecular complexity index is 437. The summed E-state index contributed by atoms with van der Waals surface area (Å²) in [6.07, 6.45) is -2.97. The van der Waals surface area contributed by atoms with Crippen LogP contribution in [0.1, 0.15) is 25.5 Å². The number of aliphatic carboxylic acids is 1. The van der Waals surface area contributed by atoms with Crippen molar-refractivity contribution in [3.63, 3.8) is 0 Å². The number of halogens is 3. The maximum Gasteiger partial charge on any atom is 0.433 e. The Kier molecular flexibility index (Phi) is 5.08. The fourth-order valence-electron chi connectivity index (χ4n) is 1.45. The van der Waals surface area contributed by atoms with Crippen LogP contribution in [0.4, 0.5) is 19.1 Å². The summed E-state index contributed by atoms with van der Waals surface area (Å²) in [6, 6.07) is 0.778. The molecule has 0 fully saturated rings. The quantitative estimate of drug-likeness (QED) is 0.835. The summed E-state index contributed by atoms with van der Waals surface area (Å²) >= 11 is 0. The van der Waals surface area contributed by atoms with Gasteiger partial charge in [0.05, 0.1) is 0 Å². The Hall–Kier alpha value is -1.86. The number of aromatic nitrogens is 2. The zero-order valence-corrected chi connectivity index (χ0v) is 10.2. The van der Waals surface area contributed by atoms with Gasteiger partial charge in [-0.2, -0.15) is 13.2 Å². The Morgan fingerprint density at radius 2 is 2.21 bits per heavy atom. The second-order valence-electron chi connectivity index (χ2n) is 4.02. The highest BCUT2D eigenvalue weighted by Gasteiger charge is 2.32. The largest absolute Gasteiger partial charge is 0.481 e. The first-order valence-electron chi connectivity index (χ1n) is 5.68. The van der Waals surface area contributed by atoms with Crippen LogP contribution in [-0.2, 0) is 11.0 Å². The molecule has 0 aromatic carbocycles. The van der Waals surface area contributed by atoms with Gasteiger partial charge in [-0.1, -0.05) is 13.3 Å². The molecule has 0 bridgehead atoms. The maximum absolute atomic E-state index is 12.4. The van der Waals surface area contributed by atoms with Gasteiger partial charge in [-0.15, -0.1) is 0 Å². The van der Waals surface area contributed by atoms with Crippen LogP contribution in [0.5, 0.6) is 0 Å². The monoisotopic (exact) mass is 277 g/mol. The Labute approximate surface area is 107 Å². The first kappa shape index (κ1) is 15.2. The van der Waals surface area contributed by atoms with Crippen molar-refractivity contribution in [1.82, 2.24) is 9.97 Å². The van der Waals surface area contributed by atoms with Crippen molar-refractivity contribution < 1.29 is 23.1 Å². The van der Waals surface area contributed by atoms with Gasteiger partial charge in [-0.25, -0.2) is 9.97 Å². The maximum atomic E-state index is 12.4. The first-order valence-corrected chi connectivity index (χ1v) is 5.68. The molecule has 1 rings (SSSR count). The van der Waals surface area contributed by atoms with Crippen LogP contribution in [-0.4, -0.2) is 27.6 Å². The molecule has 5 nitrogen and oxygen atoms in total. The van der Waals surface area contributed by atoms with Gasteiger partial charge in [0.1, 0.15) is 5.69 Å². The molecule has 0 saturated heterocycles. The third-order valence-electron chi connectivity index (χ3n) is 2.54. The molecule has 106 valence electrons. The predicted octanol–water partition coefficient (Wildman–Crippen LogP) is 2.41. The molecule has 1 atom stereocenters. The number of carbonyl (C=O) groups is 1. The number of anilines is 1. The van der Waals surface area contributed by atoms with E-state index in [4.69, 9.17) is 5.11 Å². The van der Waals surface area contributed by atoms with Gasteiger partial charge >= 0.3 is 12.1 Å². The van der Waals surface area contributed by atoms with Crippen molar-refractivity contribution in [3.8, 4) is 0 Å². The summed E-state index contributed by atoms with van der Waals surface area (Å²) < 4.78 is 37.2. The molecule has 0 saturated carbocycles. The highest BCUT2D eigenvalue weighted by molar-refractivity contribution is 5.67. The van der Waals surface area contributed by atoms with Crippen molar-refractivity contribution in [2.75, 3.05) is 11.9 Å². The molecule has 8 heteroatoms. The molecular formula is C11H14F3N3O2. The fourth-order valence-corrected chi connectivity index (χ4v) is 1.45. The van der Waals surface area contributed by atoms with Crippen LogP contribution in [0.2, 0.25) is 0 Å². The molecule has 2 N–H and O–H groups in total. The summed E-state index contributed by atoms with van der Waals surface area (Å²) in [6.45, 7) is 2.02. The third-order valence-corrected chi connectivity index (χ3v) is 2.54. The average molecular weight is 277 g/mol. The minimum atomic E-state index is -4.52. The average Bonchev–Trinajstić information content (AvgIpc) is 2.33. The molecule has 19 heavy (non-hydrogen) atoms. The van der Waals surface area contributed by atoms with E-state index >= 15 is 0 Å². The molecule has 0 radical (unpaired) electrons.